The minimum atomic E-state index is 0.100. The van der Waals surface area contributed by atoms with Crippen LogP contribution in [-0.2, 0) is 6.42 Å². The predicted octanol–water partition coefficient (Wildman–Crippen LogP) is 13.3. The number of carbonyl (C=O) groups is 1. The molecule has 302 valence electrons. The van der Waals surface area contributed by atoms with Crippen LogP contribution < -0.4 is 0 Å². The van der Waals surface area contributed by atoms with Crippen LogP contribution in [-0.4, -0.2) is 46.8 Å². The van der Waals surface area contributed by atoms with Crippen LogP contribution in [0, 0.1) is 10.7 Å². The number of halogens is 6. The van der Waals surface area contributed by atoms with E-state index in [4.69, 9.17) is 39.8 Å². The number of hydrogen-bond acceptors (Lipinski definition) is 7. The molecule has 0 spiro atoms. The summed E-state index contributed by atoms with van der Waals surface area (Å²) in [6.45, 7) is 0. The summed E-state index contributed by atoms with van der Waals surface area (Å²) in [6.07, 6.45) is 0.347. The molecule has 9 rings (SSSR count). The van der Waals surface area contributed by atoms with E-state index in [0.717, 1.165) is 49.7 Å². The molecule has 15 heteroatoms. The maximum atomic E-state index is 12.1. The number of para-hydroxylation sites is 3. The molecule has 0 saturated heterocycles. The zero-order valence-corrected chi connectivity index (χ0v) is 40.4. The van der Waals surface area contributed by atoms with Gasteiger partial charge in [-0.25, -0.2) is 4.99 Å². The Morgan fingerprint density at radius 3 is 1.82 bits per heavy atom. The fourth-order valence-electron chi connectivity index (χ4n) is 5.93. The first kappa shape index (κ1) is 44.5. The lowest BCUT2D eigenvalue weighted by Crippen LogP contribution is -2.16. The molecule has 0 amide bonds. The Labute approximate surface area is 407 Å². The normalized spacial score (nSPS) is 11.0. The lowest BCUT2D eigenvalue weighted by atomic mass is 10.0. The van der Waals surface area contributed by atoms with Crippen molar-refractivity contribution in [2.24, 2.45) is 4.99 Å². The highest BCUT2D eigenvalue weighted by atomic mass is 127. The van der Waals surface area contributed by atoms with E-state index in [1.165, 1.54) is 0 Å². The summed E-state index contributed by atoms with van der Waals surface area (Å²) in [5.74, 6) is 1.47. The van der Waals surface area contributed by atoms with Crippen LogP contribution in [0.1, 0.15) is 21.5 Å². The molecule has 0 atom stereocenters. The Morgan fingerprint density at radius 2 is 1.13 bits per heavy atom. The van der Waals surface area contributed by atoms with Crippen molar-refractivity contribution in [3.05, 3.63) is 212 Å². The number of fused-ring (bicyclic) bond motifs is 1. The molecule has 7 aromatic carbocycles. The Kier molecular flexibility index (Phi) is 15.7. The molecule has 0 aliphatic heterocycles. The van der Waals surface area contributed by atoms with Gasteiger partial charge in [0, 0.05) is 38.8 Å². The summed E-state index contributed by atoms with van der Waals surface area (Å²) in [4.78, 5) is 16.9. The molecule has 0 N–H and O–H groups in total. The number of aromatic nitrogens is 7. The molecular weight excluding hydrogens is 1170 g/mol. The van der Waals surface area contributed by atoms with Gasteiger partial charge in [-0.3, -0.25) is 4.79 Å². The molecule has 0 saturated carbocycles. The topological polar surface area (TPSA) is 104 Å². The van der Waals surface area contributed by atoms with Crippen molar-refractivity contribution in [2.45, 2.75) is 6.42 Å². The van der Waals surface area contributed by atoms with Crippen LogP contribution >= 0.6 is 103 Å². The Hall–Kier alpha value is -4.59. The number of rotatable bonds is 7. The summed E-state index contributed by atoms with van der Waals surface area (Å²) in [5.41, 5.74) is 6.76. The Bertz CT molecular complexity index is 2930. The van der Waals surface area contributed by atoms with Gasteiger partial charge in [0.05, 0.1) is 26.9 Å². The molecule has 2 heterocycles. The maximum Gasteiger partial charge on any atom is 0.188 e. The minimum Gasteiger partial charge on any atom is -0.294 e. The first-order chi connectivity index (χ1) is 29.7. The molecular formula is C46H30Cl3I3N8O. The van der Waals surface area contributed by atoms with Crippen LogP contribution in [0.15, 0.2) is 175 Å². The average molecular weight is 1200 g/mol. The Balaban J connectivity index is 0.000000141. The smallest absolute Gasteiger partial charge is 0.188 e. The van der Waals surface area contributed by atoms with E-state index < -0.39 is 0 Å². The quantitative estimate of drug-likeness (QED) is 0.0681. The van der Waals surface area contributed by atoms with Gasteiger partial charge in [-0.05, 0) is 144 Å². The molecule has 0 radical (unpaired) electrons. The molecule has 0 aliphatic rings. The average Bonchev–Trinajstić information content (AvgIpc) is 3.94. The first-order valence-corrected chi connectivity index (χ1v) is 22.7. The Morgan fingerprint density at radius 1 is 0.557 bits per heavy atom. The third-order valence-electron chi connectivity index (χ3n) is 8.89. The fourth-order valence-corrected chi connectivity index (χ4v) is 8.47. The highest BCUT2D eigenvalue weighted by Gasteiger charge is 2.17. The van der Waals surface area contributed by atoms with Crippen molar-refractivity contribution in [3.63, 3.8) is 0 Å². The monoisotopic (exact) mass is 1200 g/mol. The number of aliphatic imine (C=N–C) groups is 1. The molecule has 0 unspecified atom stereocenters. The van der Waals surface area contributed by atoms with Crippen molar-refractivity contribution < 1.29 is 4.79 Å². The lowest BCUT2D eigenvalue weighted by molar-refractivity contribution is 0.0992. The van der Waals surface area contributed by atoms with Gasteiger partial charge in [0.1, 0.15) is 5.52 Å². The number of hydrogen-bond donors (Lipinski definition) is 0. The second-order valence-electron chi connectivity index (χ2n) is 12.9. The molecule has 61 heavy (non-hydrogen) atoms. The van der Waals surface area contributed by atoms with Gasteiger partial charge in [-0.15, -0.1) is 10.2 Å². The third-order valence-corrected chi connectivity index (χ3v) is 12.7. The molecule has 0 aliphatic carbocycles. The van der Waals surface area contributed by atoms with Gasteiger partial charge in [0.15, 0.2) is 17.4 Å². The summed E-state index contributed by atoms with van der Waals surface area (Å²) in [6, 6.07) is 53.8. The molecule has 9 nitrogen and oxygen atoms in total. The zero-order chi connectivity index (χ0) is 42.7. The van der Waals surface area contributed by atoms with Crippen LogP contribution in [0.2, 0.25) is 15.1 Å². The summed E-state index contributed by atoms with van der Waals surface area (Å²) in [7, 11) is 0. The number of Topliss-reactive ketones (excluding diaryl/α,β-unsaturated/α-hetero) is 1. The van der Waals surface area contributed by atoms with Gasteiger partial charge in [-0.1, -0.05) is 149 Å². The van der Waals surface area contributed by atoms with Crippen LogP contribution in [0.3, 0.4) is 0 Å². The van der Waals surface area contributed by atoms with Crippen LogP contribution in [0.25, 0.3) is 28.1 Å². The van der Waals surface area contributed by atoms with Gasteiger partial charge < -0.3 is 0 Å². The van der Waals surface area contributed by atoms with E-state index in [1.807, 2.05) is 164 Å². The minimum absolute atomic E-state index is 0.100. The van der Waals surface area contributed by atoms with Crippen molar-refractivity contribution in [2.75, 3.05) is 0 Å². The van der Waals surface area contributed by atoms with E-state index in [0.29, 0.717) is 38.8 Å². The molecule has 2 aromatic heterocycles. The third kappa shape index (κ3) is 11.1. The standard InChI is InChI=1S/C19H12ClIN4.C14H10ClIO.C13H8ClIN4/c20-14-8-2-4-10-16(14)22-19(13-7-1-3-9-15(13)21)25-18-12-6-5-11-17(18)23-24-25;15-12-7-3-1-5-10(12)9-14(17)11-6-2-4-8-13(11)16;14-10-6-2-4-8-12(10)19-13(16-17-18-19)9-5-1-3-7-11(9)15/h1-12H;1-8H,9H2;1-8H. The summed E-state index contributed by atoms with van der Waals surface area (Å²) < 4.78 is 6.55. The molecule has 9 aromatic rings. The lowest BCUT2D eigenvalue weighted by Gasteiger charge is -2.10. The van der Waals surface area contributed by atoms with Gasteiger partial charge in [-0.2, -0.15) is 9.36 Å². The van der Waals surface area contributed by atoms with E-state index in [9.17, 15) is 4.79 Å². The molecule has 0 bridgehead atoms. The van der Waals surface area contributed by atoms with Crippen molar-refractivity contribution in [1.29, 1.82) is 0 Å². The van der Waals surface area contributed by atoms with Gasteiger partial charge in [0.25, 0.3) is 0 Å². The number of benzene rings is 7. The first-order valence-electron chi connectivity index (χ1n) is 18.4. The van der Waals surface area contributed by atoms with Crippen molar-refractivity contribution in [1.82, 2.24) is 35.2 Å². The highest BCUT2D eigenvalue weighted by molar-refractivity contribution is 14.1. The van der Waals surface area contributed by atoms with Crippen LogP contribution in [0.4, 0.5) is 5.69 Å². The van der Waals surface area contributed by atoms with Gasteiger partial charge in [0.2, 0.25) is 0 Å². The second-order valence-corrected chi connectivity index (χ2v) is 17.6. The fraction of sp³-hybridized carbons (Fsp3) is 0.0217. The van der Waals surface area contributed by atoms with Crippen LogP contribution in [0.5, 0.6) is 0 Å². The van der Waals surface area contributed by atoms with Crippen molar-refractivity contribution in [3.8, 4) is 17.1 Å². The van der Waals surface area contributed by atoms with E-state index in [-0.39, 0.29) is 5.78 Å². The SMILES string of the molecule is Clc1ccccc1-n1nnnc1-c1ccccc1I.Clc1ccccc1N=C(c1ccccc1I)n1nnc2ccccc21.O=C(Cc1ccccc1Cl)c1ccccc1I. The van der Waals surface area contributed by atoms with E-state index in [1.54, 1.807) is 15.4 Å². The van der Waals surface area contributed by atoms with E-state index in [2.05, 4.69) is 93.6 Å². The van der Waals surface area contributed by atoms with Gasteiger partial charge >= 0.3 is 0 Å². The molecule has 0 fully saturated rings. The highest BCUT2D eigenvalue weighted by Crippen LogP contribution is 2.29. The second kappa shape index (κ2) is 21.5. The number of tetrazole rings is 1. The number of carbonyl (C=O) groups excluding carboxylic acids is 1. The van der Waals surface area contributed by atoms with E-state index >= 15 is 0 Å². The number of nitrogens with zero attached hydrogens (tertiary/aromatic N) is 8. The maximum absolute atomic E-state index is 12.1. The largest absolute Gasteiger partial charge is 0.294 e. The predicted molar refractivity (Wildman–Crippen MR) is 271 cm³/mol. The number of ketones is 1. The zero-order valence-electron chi connectivity index (χ0n) is 31.6. The summed E-state index contributed by atoms with van der Waals surface area (Å²) in [5, 5.41) is 22.3. The van der Waals surface area contributed by atoms with Crippen molar-refractivity contribution >= 4 is 131 Å². The summed E-state index contributed by atoms with van der Waals surface area (Å²) >= 11 is 25.3.